The van der Waals surface area contributed by atoms with Gasteiger partial charge in [-0.05, 0) is 36.5 Å². The zero-order chi connectivity index (χ0) is 15.4. The number of carbonyl (C=O) groups is 1. The van der Waals surface area contributed by atoms with E-state index in [2.05, 4.69) is 10.2 Å². The van der Waals surface area contributed by atoms with E-state index in [-0.39, 0.29) is 17.6 Å². The van der Waals surface area contributed by atoms with Crippen molar-refractivity contribution in [2.24, 2.45) is 0 Å². The topological polar surface area (TPSA) is 49.0 Å². The van der Waals surface area contributed by atoms with Crippen molar-refractivity contribution in [3.05, 3.63) is 53.6 Å². The molecule has 0 aliphatic carbocycles. The van der Waals surface area contributed by atoms with Gasteiger partial charge >= 0.3 is 0 Å². The number of hydrogen-bond donors (Lipinski definition) is 1. The summed E-state index contributed by atoms with van der Waals surface area (Å²) in [6.07, 6.45) is 6.69. The van der Waals surface area contributed by atoms with Crippen LogP contribution in [-0.2, 0) is 11.2 Å². The van der Waals surface area contributed by atoms with Gasteiger partial charge in [-0.15, -0.1) is 0 Å². The molecule has 1 aromatic heterocycles. The van der Waals surface area contributed by atoms with Crippen LogP contribution in [0.5, 0.6) is 0 Å². The molecule has 2 heterocycles. The van der Waals surface area contributed by atoms with Crippen LogP contribution in [0.4, 0.5) is 4.39 Å². The van der Waals surface area contributed by atoms with E-state index in [1.165, 1.54) is 6.07 Å². The summed E-state index contributed by atoms with van der Waals surface area (Å²) < 4.78 is 13.8. The summed E-state index contributed by atoms with van der Waals surface area (Å²) in [5.41, 5.74) is 1.86. The summed E-state index contributed by atoms with van der Waals surface area (Å²) in [5.74, 6) is 0.128. The zero-order valence-electron chi connectivity index (χ0n) is 12.5. The van der Waals surface area contributed by atoms with E-state index in [0.29, 0.717) is 13.0 Å². The Labute approximate surface area is 129 Å². The lowest BCUT2D eigenvalue weighted by molar-refractivity contribution is -0.130. The second-order valence-electron chi connectivity index (χ2n) is 5.81. The molecule has 1 N–H and O–H groups in total. The van der Waals surface area contributed by atoms with Crippen LogP contribution >= 0.6 is 0 Å². The highest BCUT2D eigenvalue weighted by atomic mass is 19.1. The number of H-pyrrole nitrogens is 1. The number of aromatic amines is 1. The number of aromatic nitrogens is 2. The molecule has 0 bridgehead atoms. The number of likely N-dealkylation sites (tertiary alicyclic amines) is 1. The van der Waals surface area contributed by atoms with Crippen molar-refractivity contribution in [1.82, 2.24) is 15.1 Å². The highest BCUT2D eigenvalue weighted by Crippen LogP contribution is 2.29. The maximum atomic E-state index is 13.8. The molecule has 4 nitrogen and oxygen atoms in total. The van der Waals surface area contributed by atoms with Gasteiger partial charge in [0.15, 0.2) is 0 Å². The third-order valence-corrected chi connectivity index (χ3v) is 4.30. The number of hydrogen-bond acceptors (Lipinski definition) is 2. The van der Waals surface area contributed by atoms with Crippen LogP contribution in [0, 0.1) is 5.82 Å². The lowest BCUT2D eigenvalue weighted by atomic mass is 9.98. The van der Waals surface area contributed by atoms with E-state index in [1.54, 1.807) is 12.3 Å². The van der Waals surface area contributed by atoms with Crippen LogP contribution in [0.2, 0.25) is 0 Å². The monoisotopic (exact) mass is 301 g/mol. The molecular weight excluding hydrogens is 281 g/mol. The van der Waals surface area contributed by atoms with Gasteiger partial charge in [0.25, 0.3) is 0 Å². The van der Waals surface area contributed by atoms with Gasteiger partial charge in [0.05, 0.1) is 6.20 Å². The summed E-state index contributed by atoms with van der Waals surface area (Å²) in [5, 5.41) is 6.66. The molecule has 0 saturated carbocycles. The molecule has 1 aromatic carbocycles. The molecule has 1 atom stereocenters. The molecule has 116 valence electrons. The molecule has 2 aromatic rings. The fourth-order valence-corrected chi connectivity index (χ4v) is 3.06. The Morgan fingerprint density at radius 3 is 3.05 bits per heavy atom. The summed E-state index contributed by atoms with van der Waals surface area (Å²) in [6, 6.07) is 6.87. The number of carbonyl (C=O) groups excluding carboxylic acids is 1. The van der Waals surface area contributed by atoms with Crippen LogP contribution in [-0.4, -0.2) is 34.1 Å². The van der Waals surface area contributed by atoms with Crippen molar-refractivity contribution in [3.8, 4) is 0 Å². The van der Waals surface area contributed by atoms with Gasteiger partial charge in [-0.25, -0.2) is 4.39 Å². The second-order valence-corrected chi connectivity index (χ2v) is 5.81. The van der Waals surface area contributed by atoms with E-state index < -0.39 is 0 Å². The van der Waals surface area contributed by atoms with Gasteiger partial charge in [0, 0.05) is 31.6 Å². The standard InChI is InChI=1S/C17H20FN3O/c18-16-6-2-1-5-15(16)14-8-9-21(12-14)17(22)7-3-4-13-10-19-20-11-13/h1-2,5-6,10-11,14H,3-4,7-9,12H2,(H,19,20). The summed E-state index contributed by atoms with van der Waals surface area (Å²) in [6.45, 7) is 1.36. The predicted molar refractivity (Wildman–Crippen MR) is 81.9 cm³/mol. The predicted octanol–water partition coefficient (Wildman–Crippen LogP) is 2.89. The lowest BCUT2D eigenvalue weighted by Gasteiger charge is -2.17. The van der Waals surface area contributed by atoms with Crippen LogP contribution < -0.4 is 0 Å². The minimum Gasteiger partial charge on any atom is -0.342 e. The molecule has 22 heavy (non-hydrogen) atoms. The SMILES string of the molecule is O=C(CCCc1cn[nH]c1)N1CCC(c2ccccc2F)C1. The van der Waals surface area contributed by atoms with Crippen LogP contribution in [0.1, 0.15) is 36.3 Å². The zero-order valence-corrected chi connectivity index (χ0v) is 12.5. The molecule has 1 fully saturated rings. The Kier molecular flexibility index (Phi) is 4.51. The largest absolute Gasteiger partial charge is 0.342 e. The van der Waals surface area contributed by atoms with E-state index in [4.69, 9.17) is 0 Å². The van der Waals surface area contributed by atoms with Crippen molar-refractivity contribution >= 4 is 5.91 Å². The van der Waals surface area contributed by atoms with Gasteiger partial charge in [0.1, 0.15) is 5.82 Å². The third kappa shape index (κ3) is 3.35. The Morgan fingerprint density at radius 2 is 2.27 bits per heavy atom. The van der Waals surface area contributed by atoms with Crippen LogP contribution in [0.3, 0.4) is 0 Å². The van der Waals surface area contributed by atoms with Crippen LogP contribution in [0.15, 0.2) is 36.7 Å². The van der Waals surface area contributed by atoms with Gasteiger partial charge in [-0.3, -0.25) is 9.89 Å². The lowest BCUT2D eigenvalue weighted by Crippen LogP contribution is -2.28. The first kappa shape index (κ1) is 14.8. The molecule has 1 amide bonds. The number of nitrogens with zero attached hydrogens (tertiary/aromatic N) is 2. The summed E-state index contributed by atoms with van der Waals surface area (Å²) in [7, 11) is 0. The normalized spacial score (nSPS) is 17.9. The highest BCUT2D eigenvalue weighted by Gasteiger charge is 2.28. The van der Waals surface area contributed by atoms with E-state index in [0.717, 1.165) is 36.9 Å². The minimum atomic E-state index is -0.165. The van der Waals surface area contributed by atoms with Gasteiger partial charge in [-0.1, -0.05) is 18.2 Å². The van der Waals surface area contributed by atoms with E-state index in [9.17, 15) is 9.18 Å². The molecule has 1 unspecified atom stereocenters. The first-order chi connectivity index (χ1) is 10.7. The van der Waals surface area contributed by atoms with Gasteiger partial charge in [-0.2, -0.15) is 5.10 Å². The Balaban J connectivity index is 1.49. The molecule has 5 heteroatoms. The number of amides is 1. The molecule has 0 radical (unpaired) electrons. The van der Waals surface area contributed by atoms with Gasteiger partial charge < -0.3 is 4.90 Å². The van der Waals surface area contributed by atoms with E-state index in [1.807, 2.05) is 23.2 Å². The first-order valence-corrected chi connectivity index (χ1v) is 7.74. The maximum absolute atomic E-state index is 13.8. The molecular formula is C17H20FN3O. The molecule has 1 saturated heterocycles. The van der Waals surface area contributed by atoms with Crippen molar-refractivity contribution in [3.63, 3.8) is 0 Å². The fourth-order valence-electron chi connectivity index (χ4n) is 3.06. The number of benzene rings is 1. The average Bonchev–Trinajstić information content (AvgIpc) is 3.19. The summed E-state index contributed by atoms with van der Waals surface area (Å²) >= 11 is 0. The highest BCUT2D eigenvalue weighted by molar-refractivity contribution is 5.76. The minimum absolute atomic E-state index is 0.124. The third-order valence-electron chi connectivity index (χ3n) is 4.30. The first-order valence-electron chi connectivity index (χ1n) is 7.74. The fraction of sp³-hybridized carbons (Fsp3) is 0.412. The number of halogens is 1. The van der Waals surface area contributed by atoms with Crippen molar-refractivity contribution < 1.29 is 9.18 Å². The Bertz CT molecular complexity index is 627. The Morgan fingerprint density at radius 1 is 1.41 bits per heavy atom. The van der Waals surface area contributed by atoms with Gasteiger partial charge in [0.2, 0.25) is 5.91 Å². The molecule has 1 aliphatic rings. The quantitative estimate of drug-likeness (QED) is 0.923. The van der Waals surface area contributed by atoms with Crippen molar-refractivity contribution in [1.29, 1.82) is 0 Å². The number of nitrogens with one attached hydrogen (secondary N) is 1. The van der Waals surface area contributed by atoms with Crippen molar-refractivity contribution in [2.45, 2.75) is 31.6 Å². The molecule has 0 spiro atoms. The van der Waals surface area contributed by atoms with Crippen molar-refractivity contribution in [2.75, 3.05) is 13.1 Å². The molecule has 3 rings (SSSR count). The van der Waals surface area contributed by atoms with Crippen LogP contribution in [0.25, 0.3) is 0 Å². The second kappa shape index (κ2) is 6.73. The number of aryl methyl sites for hydroxylation is 1. The maximum Gasteiger partial charge on any atom is 0.222 e. The Hall–Kier alpha value is -2.17. The average molecular weight is 301 g/mol. The van der Waals surface area contributed by atoms with E-state index >= 15 is 0 Å². The smallest absolute Gasteiger partial charge is 0.222 e. The summed E-state index contributed by atoms with van der Waals surface area (Å²) in [4.78, 5) is 14.1. The number of rotatable bonds is 5. The molecule has 1 aliphatic heterocycles.